The molecular formula is C11H8FN2OS. The van der Waals surface area contributed by atoms with Gasteiger partial charge in [-0.15, -0.1) is 11.3 Å². The number of hydrogen-bond acceptors (Lipinski definition) is 3. The molecule has 1 aromatic heterocycles. The van der Waals surface area contributed by atoms with Crippen LogP contribution in [-0.4, -0.2) is 10.9 Å². The molecule has 1 aromatic carbocycles. The smallest absolute Gasteiger partial charge is 0.221 e. The Kier molecular flexibility index (Phi) is 2.96. The van der Waals surface area contributed by atoms with Gasteiger partial charge in [0.15, 0.2) is 5.51 Å². The van der Waals surface area contributed by atoms with Gasteiger partial charge in [0.05, 0.1) is 5.69 Å². The first-order chi connectivity index (χ1) is 7.66. The van der Waals surface area contributed by atoms with Crippen LogP contribution in [0, 0.1) is 11.3 Å². The summed E-state index contributed by atoms with van der Waals surface area (Å²) in [5, 5.41) is 4.23. The SMILES string of the molecule is CC(=O)Nc1ccc(-c2cs[c]n2)c(F)c1. The van der Waals surface area contributed by atoms with E-state index in [9.17, 15) is 9.18 Å². The zero-order valence-corrected chi connectivity index (χ0v) is 9.27. The van der Waals surface area contributed by atoms with Gasteiger partial charge in [-0.05, 0) is 18.2 Å². The predicted octanol–water partition coefficient (Wildman–Crippen LogP) is 2.71. The molecule has 2 aromatic rings. The van der Waals surface area contributed by atoms with Crippen molar-refractivity contribution in [2.45, 2.75) is 6.92 Å². The van der Waals surface area contributed by atoms with E-state index in [1.165, 1.54) is 24.3 Å². The van der Waals surface area contributed by atoms with Crippen molar-refractivity contribution in [3.05, 3.63) is 34.9 Å². The van der Waals surface area contributed by atoms with Gasteiger partial charge in [-0.2, -0.15) is 0 Å². The fourth-order valence-corrected chi connectivity index (χ4v) is 1.81. The summed E-state index contributed by atoms with van der Waals surface area (Å²) in [5.41, 5.74) is 4.06. The first kappa shape index (κ1) is 10.8. The van der Waals surface area contributed by atoms with Gasteiger partial charge in [-0.1, -0.05) is 0 Å². The molecule has 1 radical (unpaired) electrons. The summed E-state index contributed by atoms with van der Waals surface area (Å²) in [4.78, 5) is 14.7. The van der Waals surface area contributed by atoms with E-state index < -0.39 is 5.82 Å². The van der Waals surface area contributed by atoms with Crippen LogP contribution < -0.4 is 5.32 Å². The number of nitrogens with one attached hydrogen (secondary N) is 1. The van der Waals surface area contributed by atoms with Crippen molar-refractivity contribution < 1.29 is 9.18 Å². The molecular weight excluding hydrogens is 227 g/mol. The van der Waals surface area contributed by atoms with Crippen molar-refractivity contribution in [1.82, 2.24) is 4.98 Å². The van der Waals surface area contributed by atoms with Gasteiger partial charge in [0.25, 0.3) is 0 Å². The van der Waals surface area contributed by atoms with Crippen molar-refractivity contribution in [2.24, 2.45) is 0 Å². The largest absolute Gasteiger partial charge is 0.326 e. The van der Waals surface area contributed by atoms with Crippen LogP contribution in [0.25, 0.3) is 11.3 Å². The third-order valence-corrected chi connectivity index (χ3v) is 2.49. The topological polar surface area (TPSA) is 42.0 Å². The van der Waals surface area contributed by atoms with Crippen LogP contribution >= 0.6 is 11.3 Å². The molecule has 1 heterocycles. The molecule has 0 atom stereocenters. The second kappa shape index (κ2) is 4.40. The molecule has 0 aliphatic rings. The van der Waals surface area contributed by atoms with E-state index in [-0.39, 0.29) is 5.91 Å². The molecule has 5 heteroatoms. The summed E-state index contributed by atoms with van der Waals surface area (Å²) in [6.45, 7) is 1.38. The highest BCUT2D eigenvalue weighted by atomic mass is 32.1. The number of rotatable bonds is 2. The summed E-state index contributed by atoms with van der Waals surface area (Å²) >= 11 is 1.29. The molecule has 0 unspecified atom stereocenters. The van der Waals surface area contributed by atoms with Gasteiger partial charge >= 0.3 is 0 Å². The molecule has 0 saturated carbocycles. The minimum atomic E-state index is -0.412. The Morgan fingerprint density at radius 1 is 1.56 bits per heavy atom. The Morgan fingerprint density at radius 2 is 2.38 bits per heavy atom. The minimum absolute atomic E-state index is 0.228. The van der Waals surface area contributed by atoms with Crippen LogP contribution in [-0.2, 0) is 4.79 Å². The lowest BCUT2D eigenvalue weighted by atomic mass is 10.1. The van der Waals surface area contributed by atoms with Crippen LogP contribution in [0.5, 0.6) is 0 Å². The van der Waals surface area contributed by atoms with Crippen molar-refractivity contribution in [2.75, 3.05) is 5.32 Å². The van der Waals surface area contributed by atoms with E-state index in [2.05, 4.69) is 15.8 Å². The first-order valence-corrected chi connectivity index (χ1v) is 5.44. The molecule has 0 spiro atoms. The molecule has 0 saturated heterocycles. The predicted molar refractivity (Wildman–Crippen MR) is 60.6 cm³/mol. The summed E-state index contributed by atoms with van der Waals surface area (Å²) in [7, 11) is 0. The number of carbonyl (C=O) groups excluding carboxylic acids is 1. The fraction of sp³-hybridized carbons (Fsp3) is 0.0909. The number of thiazole rings is 1. The van der Waals surface area contributed by atoms with Gasteiger partial charge in [-0.25, -0.2) is 9.37 Å². The molecule has 1 N–H and O–H groups in total. The van der Waals surface area contributed by atoms with E-state index in [0.717, 1.165) is 0 Å². The Bertz CT molecular complexity index is 511. The fourth-order valence-electron chi connectivity index (χ4n) is 1.31. The lowest BCUT2D eigenvalue weighted by Gasteiger charge is -2.04. The Balaban J connectivity index is 2.34. The van der Waals surface area contributed by atoms with Crippen LogP contribution in [0.15, 0.2) is 23.6 Å². The lowest BCUT2D eigenvalue weighted by Crippen LogP contribution is -2.05. The number of hydrogen-bond donors (Lipinski definition) is 1. The molecule has 0 bridgehead atoms. The summed E-state index contributed by atoms with van der Waals surface area (Å²) in [6.07, 6.45) is 0. The third kappa shape index (κ3) is 2.25. The number of nitrogens with zero attached hydrogens (tertiary/aromatic N) is 1. The van der Waals surface area contributed by atoms with Gasteiger partial charge in [0.2, 0.25) is 5.91 Å². The van der Waals surface area contributed by atoms with Gasteiger partial charge < -0.3 is 5.32 Å². The van der Waals surface area contributed by atoms with Crippen LogP contribution in [0.4, 0.5) is 10.1 Å². The molecule has 1 amide bonds. The number of amides is 1. The summed E-state index contributed by atoms with van der Waals surface area (Å²) in [5.74, 6) is -0.639. The molecule has 0 aliphatic carbocycles. The molecule has 3 nitrogen and oxygen atoms in total. The Labute approximate surface area is 96.0 Å². The number of halogens is 1. The standard InChI is InChI=1S/C11H8FN2OS/c1-7(15)14-8-2-3-9(10(12)4-8)11-5-16-6-13-11/h2-5H,1H3,(H,14,15). The zero-order chi connectivity index (χ0) is 11.5. The van der Waals surface area contributed by atoms with Crippen molar-refractivity contribution >= 4 is 22.9 Å². The van der Waals surface area contributed by atoms with E-state index >= 15 is 0 Å². The lowest BCUT2D eigenvalue weighted by molar-refractivity contribution is -0.114. The van der Waals surface area contributed by atoms with E-state index in [0.29, 0.717) is 16.9 Å². The van der Waals surface area contributed by atoms with Crippen molar-refractivity contribution in [1.29, 1.82) is 0 Å². The molecule has 0 aliphatic heterocycles. The second-order valence-electron chi connectivity index (χ2n) is 3.20. The Morgan fingerprint density at radius 3 is 2.94 bits per heavy atom. The molecule has 0 fully saturated rings. The highest BCUT2D eigenvalue weighted by Gasteiger charge is 2.08. The number of anilines is 1. The maximum Gasteiger partial charge on any atom is 0.221 e. The summed E-state index contributed by atoms with van der Waals surface area (Å²) < 4.78 is 13.7. The average molecular weight is 235 g/mol. The van der Waals surface area contributed by atoms with E-state index in [1.54, 1.807) is 17.5 Å². The van der Waals surface area contributed by atoms with Gasteiger partial charge in [0, 0.05) is 23.6 Å². The zero-order valence-electron chi connectivity index (χ0n) is 8.45. The highest BCUT2D eigenvalue weighted by Crippen LogP contribution is 2.24. The molecule has 81 valence electrons. The van der Waals surface area contributed by atoms with Crippen LogP contribution in [0.3, 0.4) is 0 Å². The number of carbonyl (C=O) groups is 1. The molecule has 16 heavy (non-hydrogen) atoms. The third-order valence-electron chi connectivity index (χ3n) is 1.95. The van der Waals surface area contributed by atoms with Gasteiger partial charge in [0.1, 0.15) is 5.82 Å². The number of aromatic nitrogens is 1. The Hall–Kier alpha value is -1.75. The average Bonchev–Trinajstić information content (AvgIpc) is 2.69. The second-order valence-corrected chi connectivity index (χ2v) is 3.85. The quantitative estimate of drug-likeness (QED) is 0.869. The van der Waals surface area contributed by atoms with Crippen LogP contribution in [0.1, 0.15) is 6.92 Å². The minimum Gasteiger partial charge on any atom is -0.326 e. The van der Waals surface area contributed by atoms with Crippen LogP contribution in [0.2, 0.25) is 0 Å². The number of benzene rings is 1. The maximum absolute atomic E-state index is 13.7. The van der Waals surface area contributed by atoms with Gasteiger partial charge in [-0.3, -0.25) is 4.79 Å². The van der Waals surface area contributed by atoms with Crippen molar-refractivity contribution in [3.8, 4) is 11.3 Å². The first-order valence-electron chi connectivity index (χ1n) is 4.56. The van der Waals surface area contributed by atoms with Crippen molar-refractivity contribution in [3.63, 3.8) is 0 Å². The highest BCUT2D eigenvalue weighted by molar-refractivity contribution is 7.07. The monoisotopic (exact) mass is 235 g/mol. The van der Waals surface area contributed by atoms with E-state index in [1.807, 2.05) is 0 Å². The van der Waals surface area contributed by atoms with E-state index in [4.69, 9.17) is 0 Å². The summed E-state index contributed by atoms with van der Waals surface area (Å²) in [6, 6.07) is 4.50. The normalized spacial score (nSPS) is 10.1. The maximum atomic E-state index is 13.7. The molecule has 2 rings (SSSR count).